The minimum absolute atomic E-state index is 0.0628. The summed E-state index contributed by atoms with van der Waals surface area (Å²) in [5, 5.41) is 2.97. The first-order chi connectivity index (χ1) is 8.57. The molecule has 1 aliphatic carbocycles. The molecule has 0 bridgehead atoms. The van der Waals surface area contributed by atoms with Gasteiger partial charge in [-0.3, -0.25) is 4.79 Å². The second kappa shape index (κ2) is 4.98. The van der Waals surface area contributed by atoms with Gasteiger partial charge in [-0.1, -0.05) is 18.2 Å². The van der Waals surface area contributed by atoms with Crippen LogP contribution in [0, 0.1) is 0 Å². The molecule has 1 aromatic carbocycles. The van der Waals surface area contributed by atoms with E-state index in [1.807, 2.05) is 31.2 Å². The van der Waals surface area contributed by atoms with Gasteiger partial charge >= 0.3 is 0 Å². The van der Waals surface area contributed by atoms with Gasteiger partial charge in [0.05, 0.1) is 18.7 Å². The molecule has 1 aromatic rings. The Balaban J connectivity index is 2.07. The topological polar surface area (TPSA) is 64.3 Å². The van der Waals surface area contributed by atoms with Crippen LogP contribution in [0.2, 0.25) is 0 Å². The maximum atomic E-state index is 12.1. The van der Waals surface area contributed by atoms with Gasteiger partial charge in [-0.15, -0.1) is 0 Å². The molecular weight excluding hydrogens is 228 g/mol. The van der Waals surface area contributed by atoms with Crippen LogP contribution in [0.4, 0.5) is 0 Å². The van der Waals surface area contributed by atoms with E-state index >= 15 is 0 Å². The summed E-state index contributed by atoms with van der Waals surface area (Å²) < 4.78 is 5.29. The van der Waals surface area contributed by atoms with Crippen LogP contribution in [0.15, 0.2) is 24.3 Å². The normalized spacial score (nSPS) is 18.6. The van der Waals surface area contributed by atoms with Gasteiger partial charge in [0.25, 0.3) is 0 Å². The quantitative estimate of drug-likeness (QED) is 0.853. The summed E-state index contributed by atoms with van der Waals surface area (Å²) in [7, 11) is 1.63. The van der Waals surface area contributed by atoms with E-state index in [0.29, 0.717) is 0 Å². The first-order valence-corrected chi connectivity index (χ1v) is 6.29. The van der Waals surface area contributed by atoms with E-state index in [-0.39, 0.29) is 11.9 Å². The number of carbonyl (C=O) groups is 1. The van der Waals surface area contributed by atoms with Crippen LogP contribution in [0.5, 0.6) is 5.75 Å². The number of benzene rings is 1. The van der Waals surface area contributed by atoms with Crippen molar-refractivity contribution in [2.24, 2.45) is 5.73 Å². The number of ether oxygens (including phenoxy) is 1. The molecule has 0 aromatic heterocycles. The largest absolute Gasteiger partial charge is 0.496 e. The third kappa shape index (κ3) is 2.34. The number of para-hydroxylation sites is 1. The SMILES string of the molecule is COc1ccccc1[C@H](C)NC(=O)C1(N)CCC1. The Hall–Kier alpha value is -1.55. The minimum Gasteiger partial charge on any atom is -0.496 e. The highest BCUT2D eigenvalue weighted by atomic mass is 16.5. The van der Waals surface area contributed by atoms with E-state index in [0.717, 1.165) is 30.6 Å². The minimum atomic E-state index is -0.656. The van der Waals surface area contributed by atoms with Crippen LogP contribution in [0.3, 0.4) is 0 Å². The van der Waals surface area contributed by atoms with Crippen LogP contribution >= 0.6 is 0 Å². The van der Waals surface area contributed by atoms with E-state index in [1.54, 1.807) is 7.11 Å². The van der Waals surface area contributed by atoms with Crippen molar-refractivity contribution in [2.75, 3.05) is 7.11 Å². The number of hydrogen-bond donors (Lipinski definition) is 2. The Kier molecular flexibility index (Phi) is 3.57. The Labute approximate surface area is 108 Å². The molecule has 3 N–H and O–H groups in total. The molecule has 18 heavy (non-hydrogen) atoms. The molecule has 0 heterocycles. The van der Waals surface area contributed by atoms with Crippen molar-refractivity contribution in [3.8, 4) is 5.75 Å². The number of rotatable bonds is 4. The number of nitrogens with two attached hydrogens (primary N) is 1. The lowest BCUT2D eigenvalue weighted by atomic mass is 9.77. The van der Waals surface area contributed by atoms with Crippen molar-refractivity contribution in [1.29, 1.82) is 0 Å². The monoisotopic (exact) mass is 248 g/mol. The molecule has 1 atom stereocenters. The van der Waals surface area contributed by atoms with Crippen molar-refractivity contribution >= 4 is 5.91 Å². The second-order valence-corrected chi connectivity index (χ2v) is 4.95. The second-order valence-electron chi connectivity index (χ2n) is 4.95. The molecular formula is C14H20N2O2. The smallest absolute Gasteiger partial charge is 0.240 e. The Morgan fingerprint density at radius 2 is 2.11 bits per heavy atom. The molecule has 1 saturated carbocycles. The predicted octanol–water partition coefficient (Wildman–Crippen LogP) is 1.75. The molecule has 0 aliphatic heterocycles. The van der Waals surface area contributed by atoms with Gasteiger partial charge in [0.15, 0.2) is 0 Å². The van der Waals surface area contributed by atoms with Crippen molar-refractivity contribution < 1.29 is 9.53 Å². The maximum Gasteiger partial charge on any atom is 0.240 e. The van der Waals surface area contributed by atoms with Crippen molar-refractivity contribution in [2.45, 2.75) is 37.8 Å². The number of hydrogen-bond acceptors (Lipinski definition) is 3. The van der Waals surface area contributed by atoms with Gasteiger partial charge in [-0.2, -0.15) is 0 Å². The molecule has 0 radical (unpaired) electrons. The third-order valence-corrected chi connectivity index (χ3v) is 3.65. The molecule has 1 fully saturated rings. The standard InChI is InChI=1S/C14H20N2O2/c1-10(11-6-3-4-7-12(11)18-2)16-13(17)14(15)8-5-9-14/h3-4,6-7,10H,5,8-9,15H2,1-2H3,(H,16,17)/t10-/m0/s1. The van der Waals surface area contributed by atoms with E-state index in [9.17, 15) is 4.79 Å². The highest BCUT2D eigenvalue weighted by Gasteiger charge is 2.40. The van der Waals surface area contributed by atoms with Crippen LogP contribution in [-0.2, 0) is 4.79 Å². The molecule has 1 amide bonds. The third-order valence-electron chi connectivity index (χ3n) is 3.65. The zero-order chi connectivity index (χ0) is 13.2. The number of nitrogens with one attached hydrogen (secondary N) is 1. The predicted molar refractivity (Wildman–Crippen MR) is 70.3 cm³/mol. The van der Waals surface area contributed by atoms with Crippen LogP contribution in [-0.4, -0.2) is 18.6 Å². The molecule has 1 aliphatic rings. The van der Waals surface area contributed by atoms with Gasteiger partial charge in [0.1, 0.15) is 5.75 Å². The van der Waals surface area contributed by atoms with E-state index in [2.05, 4.69) is 5.32 Å². The summed E-state index contributed by atoms with van der Waals surface area (Å²) in [6.45, 7) is 1.94. The first kappa shape index (κ1) is 12.9. The molecule has 2 rings (SSSR count). The summed E-state index contributed by atoms with van der Waals surface area (Å²) in [6, 6.07) is 7.58. The lowest BCUT2D eigenvalue weighted by Gasteiger charge is -2.37. The van der Waals surface area contributed by atoms with Gasteiger partial charge in [-0.25, -0.2) is 0 Å². The number of amides is 1. The fourth-order valence-electron chi connectivity index (χ4n) is 2.23. The molecule has 4 heteroatoms. The van der Waals surface area contributed by atoms with E-state index < -0.39 is 5.54 Å². The van der Waals surface area contributed by atoms with Crippen molar-refractivity contribution in [3.63, 3.8) is 0 Å². The van der Waals surface area contributed by atoms with E-state index in [1.165, 1.54) is 0 Å². The van der Waals surface area contributed by atoms with Crippen LogP contribution < -0.4 is 15.8 Å². The fraction of sp³-hybridized carbons (Fsp3) is 0.500. The van der Waals surface area contributed by atoms with E-state index in [4.69, 9.17) is 10.5 Å². The van der Waals surface area contributed by atoms with Gasteiger partial charge in [0, 0.05) is 5.56 Å². The average Bonchev–Trinajstić information content (AvgIpc) is 2.35. The lowest BCUT2D eigenvalue weighted by molar-refractivity contribution is -0.129. The summed E-state index contributed by atoms with van der Waals surface area (Å²) in [5.74, 6) is 0.720. The Morgan fingerprint density at radius 1 is 1.44 bits per heavy atom. The number of carbonyl (C=O) groups excluding carboxylic acids is 1. The molecule has 98 valence electrons. The molecule has 0 spiro atoms. The lowest BCUT2D eigenvalue weighted by Crippen LogP contribution is -2.58. The Bertz CT molecular complexity index is 441. The van der Waals surface area contributed by atoms with Gasteiger partial charge < -0.3 is 15.8 Å². The number of methoxy groups -OCH3 is 1. The maximum absolute atomic E-state index is 12.1. The fourth-order valence-corrected chi connectivity index (χ4v) is 2.23. The molecule has 4 nitrogen and oxygen atoms in total. The van der Waals surface area contributed by atoms with Gasteiger partial charge in [0.2, 0.25) is 5.91 Å². The zero-order valence-electron chi connectivity index (χ0n) is 10.9. The molecule has 0 unspecified atom stereocenters. The molecule has 0 saturated heterocycles. The summed E-state index contributed by atoms with van der Waals surface area (Å²) in [6.07, 6.45) is 2.59. The summed E-state index contributed by atoms with van der Waals surface area (Å²) in [5.41, 5.74) is 6.31. The average molecular weight is 248 g/mol. The Morgan fingerprint density at radius 3 is 2.67 bits per heavy atom. The highest BCUT2D eigenvalue weighted by Crippen LogP contribution is 2.31. The summed E-state index contributed by atoms with van der Waals surface area (Å²) in [4.78, 5) is 12.1. The van der Waals surface area contributed by atoms with Crippen LogP contribution in [0.25, 0.3) is 0 Å². The zero-order valence-corrected chi connectivity index (χ0v) is 10.9. The highest BCUT2D eigenvalue weighted by molar-refractivity contribution is 5.87. The van der Waals surface area contributed by atoms with Crippen molar-refractivity contribution in [3.05, 3.63) is 29.8 Å². The summed E-state index contributed by atoms with van der Waals surface area (Å²) >= 11 is 0. The van der Waals surface area contributed by atoms with Crippen LogP contribution in [0.1, 0.15) is 37.8 Å². The van der Waals surface area contributed by atoms with Crippen molar-refractivity contribution in [1.82, 2.24) is 5.32 Å². The van der Waals surface area contributed by atoms with Gasteiger partial charge in [-0.05, 0) is 32.3 Å². The first-order valence-electron chi connectivity index (χ1n) is 6.29.